The molecular weight excluding hydrogens is 511 g/mol. The number of carbonyl (C=O) groups is 2. The highest BCUT2D eigenvalue weighted by molar-refractivity contribution is 7.99. The molecule has 0 unspecified atom stereocenters. The highest BCUT2D eigenvalue weighted by atomic mass is 35.5. The molecule has 0 bridgehead atoms. The average molecular weight is 530 g/mol. The van der Waals surface area contributed by atoms with Gasteiger partial charge in [0, 0.05) is 17.8 Å². The van der Waals surface area contributed by atoms with E-state index in [1.54, 1.807) is 42.8 Å². The van der Waals surface area contributed by atoms with E-state index < -0.39 is 5.97 Å². The van der Waals surface area contributed by atoms with Crippen molar-refractivity contribution in [2.24, 2.45) is 7.05 Å². The van der Waals surface area contributed by atoms with Crippen molar-refractivity contribution in [3.63, 3.8) is 0 Å². The van der Waals surface area contributed by atoms with Gasteiger partial charge in [-0.2, -0.15) is 0 Å². The van der Waals surface area contributed by atoms with Crippen LogP contribution in [0.3, 0.4) is 0 Å². The lowest BCUT2D eigenvalue weighted by Gasteiger charge is -2.09. The Labute approximate surface area is 209 Å². The van der Waals surface area contributed by atoms with Crippen LogP contribution < -0.4 is 10.1 Å². The van der Waals surface area contributed by atoms with Gasteiger partial charge >= 0.3 is 5.97 Å². The minimum atomic E-state index is -0.554. The molecule has 8 nitrogen and oxygen atoms in total. The molecular formula is C21H19Cl3N4O4S. The van der Waals surface area contributed by atoms with E-state index in [2.05, 4.69) is 15.5 Å². The average Bonchev–Trinajstić information content (AvgIpc) is 3.12. The molecule has 0 aliphatic carbocycles. The van der Waals surface area contributed by atoms with Gasteiger partial charge in [-0.25, -0.2) is 4.79 Å². The molecule has 2 aromatic carbocycles. The van der Waals surface area contributed by atoms with Crippen LogP contribution in [0.1, 0.15) is 23.1 Å². The molecule has 1 N–H and O–H groups in total. The lowest BCUT2D eigenvalue weighted by atomic mass is 10.2. The van der Waals surface area contributed by atoms with E-state index in [-0.39, 0.29) is 35.5 Å². The van der Waals surface area contributed by atoms with E-state index in [9.17, 15) is 9.59 Å². The van der Waals surface area contributed by atoms with Crippen LogP contribution in [-0.2, 0) is 23.2 Å². The molecule has 1 heterocycles. The number of esters is 1. The standard InChI is InChI=1S/C21H19Cl3N4O4S/c1-3-31-20(30)14-9-13(5-6-15(14)23)25-19(29)11-33-21-27-26-18(28(21)2)10-32-17-7-4-12(22)8-16(17)24/h4-9H,3,10-11H2,1-2H3,(H,25,29). The first-order chi connectivity index (χ1) is 15.8. The van der Waals surface area contributed by atoms with Gasteiger partial charge in [-0.1, -0.05) is 46.6 Å². The Balaban J connectivity index is 1.56. The van der Waals surface area contributed by atoms with Gasteiger partial charge in [0.05, 0.1) is 28.0 Å². The smallest absolute Gasteiger partial charge is 0.339 e. The molecule has 0 saturated heterocycles. The van der Waals surface area contributed by atoms with E-state index >= 15 is 0 Å². The van der Waals surface area contributed by atoms with E-state index in [4.69, 9.17) is 44.3 Å². The van der Waals surface area contributed by atoms with Crippen molar-refractivity contribution < 1.29 is 19.1 Å². The molecule has 1 aromatic heterocycles. The van der Waals surface area contributed by atoms with Gasteiger partial charge in [0.1, 0.15) is 12.4 Å². The number of anilines is 1. The predicted octanol–water partition coefficient (Wildman–Crippen LogP) is 5.26. The number of ether oxygens (including phenoxy) is 2. The molecule has 0 saturated carbocycles. The number of hydrogen-bond acceptors (Lipinski definition) is 7. The zero-order valence-corrected chi connectivity index (χ0v) is 20.7. The number of halogens is 3. The number of carbonyl (C=O) groups excluding carboxylic acids is 2. The van der Waals surface area contributed by atoms with Crippen molar-refractivity contribution in [1.82, 2.24) is 14.8 Å². The fourth-order valence-electron chi connectivity index (χ4n) is 2.63. The Hall–Kier alpha value is -2.46. The predicted molar refractivity (Wildman–Crippen MR) is 129 cm³/mol. The van der Waals surface area contributed by atoms with Gasteiger partial charge < -0.3 is 19.4 Å². The molecule has 0 atom stereocenters. The van der Waals surface area contributed by atoms with E-state index in [0.29, 0.717) is 32.5 Å². The lowest BCUT2D eigenvalue weighted by Crippen LogP contribution is -2.15. The summed E-state index contributed by atoms with van der Waals surface area (Å²) in [5.41, 5.74) is 0.614. The minimum absolute atomic E-state index is 0.0766. The first kappa shape index (κ1) is 25.2. The summed E-state index contributed by atoms with van der Waals surface area (Å²) in [5, 5.41) is 12.6. The van der Waals surface area contributed by atoms with Crippen molar-refractivity contribution in [3.05, 3.63) is 62.9 Å². The third-order valence-corrected chi connectivity index (χ3v) is 6.13. The number of rotatable bonds is 9. The third kappa shape index (κ3) is 6.77. The Morgan fingerprint density at radius 3 is 2.61 bits per heavy atom. The number of amides is 1. The number of benzene rings is 2. The first-order valence-electron chi connectivity index (χ1n) is 9.64. The molecule has 0 fully saturated rings. The van der Waals surface area contributed by atoms with Crippen LogP contribution >= 0.6 is 46.6 Å². The van der Waals surface area contributed by atoms with Gasteiger partial charge in [-0.05, 0) is 43.3 Å². The van der Waals surface area contributed by atoms with Gasteiger partial charge in [-0.3, -0.25) is 4.79 Å². The second-order valence-electron chi connectivity index (χ2n) is 6.57. The largest absolute Gasteiger partial charge is 0.484 e. The van der Waals surface area contributed by atoms with Crippen LogP contribution in [0.4, 0.5) is 5.69 Å². The monoisotopic (exact) mass is 528 g/mol. The van der Waals surface area contributed by atoms with Crippen LogP contribution in [-0.4, -0.2) is 39.0 Å². The van der Waals surface area contributed by atoms with Crippen LogP contribution in [0.25, 0.3) is 0 Å². The highest BCUT2D eigenvalue weighted by Gasteiger charge is 2.15. The van der Waals surface area contributed by atoms with Gasteiger partial charge in [0.25, 0.3) is 0 Å². The SMILES string of the molecule is CCOC(=O)c1cc(NC(=O)CSc2nnc(COc3ccc(Cl)cc3Cl)n2C)ccc1Cl. The molecule has 12 heteroatoms. The second-order valence-corrected chi connectivity index (χ2v) is 8.77. The summed E-state index contributed by atoms with van der Waals surface area (Å²) >= 11 is 19.2. The summed E-state index contributed by atoms with van der Waals surface area (Å²) in [4.78, 5) is 24.3. The fraction of sp³-hybridized carbons (Fsp3) is 0.238. The zero-order valence-electron chi connectivity index (χ0n) is 17.6. The second kappa shape index (κ2) is 11.6. The summed E-state index contributed by atoms with van der Waals surface area (Å²) in [5.74, 6) is 0.267. The first-order valence-corrected chi connectivity index (χ1v) is 11.8. The maximum absolute atomic E-state index is 12.4. The fourth-order valence-corrected chi connectivity index (χ4v) is 4.01. The molecule has 3 rings (SSSR count). The maximum Gasteiger partial charge on any atom is 0.339 e. The van der Waals surface area contributed by atoms with E-state index in [1.165, 1.54) is 23.9 Å². The summed E-state index contributed by atoms with van der Waals surface area (Å²) < 4.78 is 12.4. The Morgan fingerprint density at radius 1 is 1.09 bits per heavy atom. The lowest BCUT2D eigenvalue weighted by molar-refractivity contribution is -0.113. The molecule has 0 aliphatic heterocycles. The number of aromatic nitrogens is 3. The molecule has 1 amide bonds. The van der Waals surface area contributed by atoms with Crippen LogP contribution in [0.2, 0.25) is 15.1 Å². The number of thioether (sulfide) groups is 1. The minimum Gasteiger partial charge on any atom is -0.484 e. The topological polar surface area (TPSA) is 95.3 Å². The summed E-state index contributed by atoms with van der Waals surface area (Å²) in [6.45, 7) is 2.06. The van der Waals surface area contributed by atoms with Crippen molar-refractivity contribution >= 4 is 64.1 Å². The Kier molecular flexibility index (Phi) is 8.85. The summed E-state index contributed by atoms with van der Waals surface area (Å²) in [6, 6.07) is 9.54. The van der Waals surface area contributed by atoms with Gasteiger partial charge in [0.2, 0.25) is 5.91 Å². The van der Waals surface area contributed by atoms with Crippen molar-refractivity contribution in [3.8, 4) is 5.75 Å². The molecule has 0 aliphatic rings. The third-order valence-electron chi connectivity index (χ3n) is 4.25. The highest BCUT2D eigenvalue weighted by Crippen LogP contribution is 2.28. The quantitative estimate of drug-likeness (QED) is 0.298. The molecule has 3 aromatic rings. The van der Waals surface area contributed by atoms with Gasteiger partial charge in [0.15, 0.2) is 11.0 Å². The van der Waals surface area contributed by atoms with Gasteiger partial charge in [-0.15, -0.1) is 10.2 Å². The Morgan fingerprint density at radius 2 is 1.88 bits per heavy atom. The summed E-state index contributed by atoms with van der Waals surface area (Å²) in [6.07, 6.45) is 0. The van der Waals surface area contributed by atoms with Crippen molar-refractivity contribution in [2.75, 3.05) is 17.7 Å². The van der Waals surface area contributed by atoms with E-state index in [0.717, 1.165) is 0 Å². The normalized spacial score (nSPS) is 10.7. The maximum atomic E-state index is 12.4. The number of nitrogens with one attached hydrogen (secondary N) is 1. The van der Waals surface area contributed by atoms with Crippen LogP contribution in [0, 0.1) is 0 Å². The summed E-state index contributed by atoms with van der Waals surface area (Å²) in [7, 11) is 1.77. The molecule has 0 radical (unpaired) electrons. The van der Waals surface area contributed by atoms with Crippen molar-refractivity contribution in [1.29, 1.82) is 0 Å². The number of nitrogens with zero attached hydrogens (tertiary/aromatic N) is 3. The van der Waals surface area contributed by atoms with Crippen LogP contribution in [0.5, 0.6) is 5.75 Å². The van der Waals surface area contributed by atoms with Crippen molar-refractivity contribution in [2.45, 2.75) is 18.7 Å². The zero-order chi connectivity index (χ0) is 24.0. The molecule has 33 heavy (non-hydrogen) atoms. The van der Waals surface area contributed by atoms with Crippen LogP contribution in [0.15, 0.2) is 41.6 Å². The molecule has 0 spiro atoms. The van der Waals surface area contributed by atoms with E-state index in [1.807, 2.05) is 0 Å². The number of hydrogen-bond donors (Lipinski definition) is 1. The molecule has 174 valence electrons. The Bertz CT molecular complexity index is 1170.